The predicted octanol–water partition coefficient (Wildman–Crippen LogP) is 2.79. The summed E-state index contributed by atoms with van der Waals surface area (Å²) in [6.07, 6.45) is 1.91. The first-order chi connectivity index (χ1) is 10.1. The Morgan fingerprint density at radius 1 is 1.24 bits per heavy atom. The quantitative estimate of drug-likeness (QED) is 0.856. The molecule has 0 aliphatic heterocycles. The monoisotopic (exact) mass is 287 g/mol. The van der Waals surface area contributed by atoms with Crippen LogP contribution in [-0.4, -0.2) is 23.5 Å². The molecule has 1 amide bonds. The molecule has 2 rings (SSSR count). The average Bonchev–Trinajstić information content (AvgIpc) is 2.97. The first kappa shape index (κ1) is 14.8. The Hall–Kier alpha value is -2.56. The molecule has 0 fully saturated rings. The number of carboxylic acid groups (broad SMARTS) is 1. The summed E-state index contributed by atoms with van der Waals surface area (Å²) in [6.45, 7) is 1.85. The van der Waals surface area contributed by atoms with Crippen molar-refractivity contribution in [1.82, 2.24) is 5.32 Å². The standard InChI is InChI=1S/C16H17NO4/c1-2-11(16(19)20)10-17-15(18)14-13(8-9-21-14)12-6-4-3-5-7-12/h3-9,11H,2,10H2,1H3,(H,17,18)(H,19,20). The van der Waals surface area contributed by atoms with Crippen LogP contribution in [0.25, 0.3) is 11.1 Å². The van der Waals surface area contributed by atoms with Crippen molar-refractivity contribution in [2.75, 3.05) is 6.54 Å². The van der Waals surface area contributed by atoms with Gasteiger partial charge in [-0.2, -0.15) is 0 Å². The van der Waals surface area contributed by atoms with E-state index in [-0.39, 0.29) is 12.3 Å². The Balaban J connectivity index is 2.11. The zero-order valence-electron chi connectivity index (χ0n) is 11.7. The van der Waals surface area contributed by atoms with Gasteiger partial charge in [0.15, 0.2) is 5.76 Å². The first-order valence-electron chi connectivity index (χ1n) is 6.77. The van der Waals surface area contributed by atoms with Crippen LogP contribution in [-0.2, 0) is 4.79 Å². The van der Waals surface area contributed by atoms with E-state index < -0.39 is 17.8 Å². The first-order valence-corrected chi connectivity index (χ1v) is 6.77. The van der Waals surface area contributed by atoms with Gasteiger partial charge >= 0.3 is 5.97 Å². The Morgan fingerprint density at radius 3 is 2.57 bits per heavy atom. The topological polar surface area (TPSA) is 79.5 Å². The maximum absolute atomic E-state index is 12.1. The SMILES string of the molecule is CCC(CNC(=O)c1occc1-c1ccccc1)C(=O)O. The lowest BCUT2D eigenvalue weighted by Crippen LogP contribution is -2.32. The van der Waals surface area contributed by atoms with E-state index in [0.717, 1.165) is 5.56 Å². The van der Waals surface area contributed by atoms with Gasteiger partial charge in [-0.25, -0.2) is 0 Å². The lowest BCUT2D eigenvalue weighted by atomic mass is 10.1. The highest BCUT2D eigenvalue weighted by Crippen LogP contribution is 2.24. The highest BCUT2D eigenvalue weighted by atomic mass is 16.4. The van der Waals surface area contributed by atoms with Crippen LogP contribution in [0.4, 0.5) is 0 Å². The van der Waals surface area contributed by atoms with Crippen LogP contribution in [0.5, 0.6) is 0 Å². The number of benzene rings is 1. The number of rotatable bonds is 6. The minimum absolute atomic E-state index is 0.0829. The third kappa shape index (κ3) is 3.51. The van der Waals surface area contributed by atoms with Crippen molar-refractivity contribution in [1.29, 1.82) is 0 Å². The summed E-state index contributed by atoms with van der Waals surface area (Å²) in [5.41, 5.74) is 1.57. The second-order valence-corrected chi connectivity index (χ2v) is 4.68. The van der Waals surface area contributed by atoms with Crippen LogP contribution < -0.4 is 5.32 Å². The van der Waals surface area contributed by atoms with E-state index in [9.17, 15) is 9.59 Å². The van der Waals surface area contributed by atoms with Crippen molar-refractivity contribution in [2.45, 2.75) is 13.3 Å². The molecule has 0 spiro atoms. The number of nitrogens with one attached hydrogen (secondary N) is 1. The van der Waals surface area contributed by atoms with Crippen LogP contribution >= 0.6 is 0 Å². The number of aliphatic carboxylic acids is 1. The number of carbonyl (C=O) groups is 2. The molecule has 0 saturated carbocycles. The fraction of sp³-hybridized carbons (Fsp3) is 0.250. The van der Waals surface area contributed by atoms with Gasteiger partial charge in [0.2, 0.25) is 0 Å². The zero-order valence-corrected chi connectivity index (χ0v) is 11.7. The van der Waals surface area contributed by atoms with Gasteiger partial charge in [0, 0.05) is 12.1 Å². The molecule has 5 nitrogen and oxygen atoms in total. The van der Waals surface area contributed by atoms with Crippen LogP contribution in [0.1, 0.15) is 23.9 Å². The highest BCUT2D eigenvalue weighted by Gasteiger charge is 2.20. The lowest BCUT2D eigenvalue weighted by molar-refractivity contribution is -0.141. The Morgan fingerprint density at radius 2 is 1.95 bits per heavy atom. The zero-order chi connectivity index (χ0) is 15.2. The number of amides is 1. The van der Waals surface area contributed by atoms with E-state index in [1.54, 1.807) is 13.0 Å². The molecule has 21 heavy (non-hydrogen) atoms. The maximum Gasteiger partial charge on any atom is 0.308 e. The second kappa shape index (κ2) is 6.74. The predicted molar refractivity (Wildman–Crippen MR) is 77.9 cm³/mol. The lowest BCUT2D eigenvalue weighted by Gasteiger charge is -2.10. The number of carboxylic acids is 1. The molecule has 5 heteroatoms. The summed E-state index contributed by atoms with van der Waals surface area (Å²) < 4.78 is 5.25. The van der Waals surface area contributed by atoms with Gasteiger partial charge in [0.05, 0.1) is 12.2 Å². The third-order valence-electron chi connectivity index (χ3n) is 3.31. The van der Waals surface area contributed by atoms with Crippen LogP contribution in [0, 0.1) is 5.92 Å². The van der Waals surface area contributed by atoms with Gasteiger partial charge in [-0.1, -0.05) is 37.3 Å². The van der Waals surface area contributed by atoms with Crippen molar-refractivity contribution >= 4 is 11.9 Å². The molecule has 1 heterocycles. The van der Waals surface area contributed by atoms with Gasteiger partial charge < -0.3 is 14.8 Å². The molecule has 0 bridgehead atoms. The fourth-order valence-electron chi connectivity index (χ4n) is 2.03. The number of furan rings is 1. The Labute approximate surface area is 122 Å². The smallest absolute Gasteiger partial charge is 0.308 e. The van der Waals surface area contributed by atoms with Crippen molar-refractivity contribution in [3.63, 3.8) is 0 Å². The van der Waals surface area contributed by atoms with E-state index in [0.29, 0.717) is 12.0 Å². The average molecular weight is 287 g/mol. The Kier molecular flexibility index (Phi) is 4.77. The summed E-state index contributed by atoms with van der Waals surface area (Å²) in [5.74, 6) is -1.72. The molecule has 1 atom stereocenters. The number of hydrogen-bond acceptors (Lipinski definition) is 3. The summed E-state index contributed by atoms with van der Waals surface area (Å²) in [5, 5.41) is 11.6. The van der Waals surface area contributed by atoms with Gasteiger partial charge in [0.25, 0.3) is 5.91 Å². The molecule has 1 aromatic carbocycles. The van der Waals surface area contributed by atoms with Gasteiger partial charge in [-0.15, -0.1) is 0 Å². The molecular weight excluding hydrogens is 270 g/mol. The summed E-state index contributed by atoms with van der Waals surface area (Å²) in [4.78, 5) is 23.1. The van der Waals surface area contributed by atoms with Crippen LogP contribution in [0.3, 0.4) is 0 Å². The normalized spacial score (nSPS) is 11.9. The third-order valence-corrected chi connectivity index (χ3v) is 3.31. The van der Waals surface area contributed by atoms with Crippen molar-refractivity contribution in [2.24, 2.45) is 5.92 Å². The molecular formula is C16H17NO4. The summed E-state index contributed by atoms with van der Waals surface area (Å²) in [6, 6.07) is 11.1. The van der Waals surface area contributed by atoms with Crippen LogP contribution in [0.15, 0.2) is 47.1 Å². The number of carbonyl (C=O) groups excluding carboxylic acids is 1. The summed E-state index contributed by atoms with van der Waals surface area (Å²) >= 11 is 0. The largest absolute Gasteiger partial charge is 0.481 e. The van der Waals surface area contributed by atoms with Crippen molar-refractivity contribution < 1.29 is 19.1 Å². The minimum Gasteiger partial charge on any atom is -0.481 e. The van der Waals surface area contributed by atoms with E-state index in [1.807, 2.05) is 30.3 Å². The van der Waals surface area contributed by atoms with Crippen molar-refractivity contribution in [3.8, 4) is 11.1 Å². The highest BCUT2D eigenvalue weighted by molar-refractivity contribution is 5.98. The van der Waals surface area contributed by atoms with E-state index in [2.05, 4.69) is 5.32 Å². The maximum atomic E-state index is 12.1. The molecule has 0 aliphatic carbocycles. The fourth-order valence-corrected chi connectivity index (χ4v) is 2.03. The second-order valence-electron chi connectivity index (χ2n) is 4.68. The minimum atomic E-state index is -0.916. The molecule has 1 aromatic heterocycles. The van der Waals surface area contributed by atoms with E-state index >= 15 is 0 Å². The van der Waals surface area contributed by atoms with Crippen molar-refractivity contribution in [3.05, 3.63) is 48.4 Å². The molecule has 2 aromatic rings. The number of hydrogen-bond donors (Lipinski definition) is 2. The Bertz CT molecular complexity index is 618. The van der Waals surface area contributed by atoms with Gasteiger partial charge in [-0.05, 0) is 18.1 Å². The molecule has 1 unspecified atom stereocenters. The molecule has 0 saturated heterocycles. The van der Waals surface area contributed by atoms with Gasteiger partial charge in [0.1, 0.15) is 0 Å². The van der Waals surface area contributed by atoms with E-state index in [1.165, 1.54) is 6.26 Å². The molecule has 110 valence electrons. The summed E-state index contributed by atoms with van der Waals surface area (Å²) in [7, 11) is 0. The molecule has 0 radical (unpaired) electrons. The van der Waals surface area contributed by atoms with Gasteiger partial charge in [-0.3, -0.25) is 9.59 Å². The molecule has 2 N–H and O–H groups in total. The molecule has 0 aliphatic rings. The van der Waals surface area contributed by atoms with E-state index in [4.69, 9.17) is 9.52 Å². The van der Waals surface area contributed by atoms with Crippen LogP contribution in [0.2, 0.25) is 0 Å².